The lowest BCUT2D eigenvalue weighted by molar-refractivity contribution is -0.149. The number of phenols is 1. The van der Waals surface area contributed by atoms with Crippen LogP contribution in [0.5, 0.6) is 5.75 Å². The second-order valence-electron chi connectivity index (χ2n) is 6.48. The van der Waals surface area contributed by atoms with Crippen molar-refractivity contribution in [3.8, 4) is 5.75 Å². The van der Waals surface area contributed by atoms with Crippen molar-refractivity contribution in [1.29, 1.82) is 0 Å². The maximum absolute atomic E-state index is 12.6. The maximum Gasteiger partial charge on any atom is 0.352 e. The number of carbonyl (C=O) groups excluding carboxylic acids is 3. The van der Waals surface area contributed by atoms with E-state index >= 15 is 0 Å². The summed E-state index contributed by atoms with van der Waals surface area (Å²) < 4.78 is 5.15. The summed E-state index contributed by atoms with van der Waals surface area (Å²) >= 11 is 1.32. The van der Waals surface area contributed by atoms with E-state index in [1.54, 1.807) is 0 Å². The van der Waals surface area contributed by atoms with E-state index in [2.05, 4.69) is 5.32 Å². The zero-order chi connectivity index (χ0) is 21.3. The molecule has 2 heterocycles. The van der Waals surface area contributed by atoms with Crippen molar-refractivity contribution in [3.63, 3.8) is 0 Å². The van der Waals surface area contributed by atoms with E-state index in [-0.39, 0.29) is 40.5 Å². The second-order valence-corrected chi connectivity index (χ2v) is 7.65. The highest BCUT2D eigenvalue weighted by atomic mass is 32.2. The monoisotopic (exact) mass is 421 g/mol. The molecule has 1 aromatic carbocycles. The van der Waals surface area contributed by atoms with E-state index in [0.29, 0.717) is 5.56 Å². The number of hydrogen-bond acceptors (Lipinski definition) is 8. The molecule has 1 aromatic rings. The van der Waals surface area contributed by atoms with Gasteiger partial charge >= 0.3 is 11.9 Å². The zero-order valence-corrected chi connectivity index (χ0v) is 16.1. The van der Waals surface area contributed by atoms with Crippen LogP contribution in [0.2, 0.25) is 0 Å². The second kappa shape index (κ2) is 8.13. The average molecular weight is 421 g/mol. The van der Waals surface area contributed by atoms with Gasteiger partial charge in [0.1, 0.15) is 17.5 Å². The van der Waals surface area contributed by atoms with Crippen LogP contribution >= 0.6 is 11.8 Å². The highest BCUT2D eigenvalue weighted by Crippen LogP contribution is 2.41. The third-order valence-corrected chi connectivity index (χ3v) is 5.73. The Morgan fingerprint density at radius 3 is 2.52 bits per heavy atom. The minimum atomic E-state index is -1.39. The molecule has 0 saturated carbocycles. The molecule has 0 bridgehead atoms. The molecule has 0 radical (unpaired) electrons. The molecule has 0 spiro atoms. The van der Waals surface area contributed by atoms with Crippen LogP contribution in [0.25, 0.3) is 0 Å². The van der Waals surface area contributed by atoms with Crippen LogP contribution in [0, 0.1) is 0 Å². The van der Waals surface area contributed by atoms with Crippen molar-refractivity contribution < 1.29 is 34.1 Å². The number of carbonyl (C=O) groups is 4. The number of phenolic OH excluding ortho intramolecular Hbond substituents is 1. The number of carboxylic acid groups (broad SMARTS) is 1. The molecule has 11 heteroatoms. The van der Waals surface area contributed by atoms with Gasteiger partial charge in [0.05, 0.1) is 11.8 Å². The van der Waals surface area contributed by atoms with Crippen LogP contribution < -0.4 is 11.1 Å². The van der Waals surface area contributed by atoms with Gasteiger partial charge in [-0.2, -0.15) is 0 Å². The van der Waals surface area contributed by atoms with Crippen LogP contribution in [-0.2, 0) is 23.9 Å². The van der Waals surface area contributed by atoms with Gasteiger partial charge < -0.3 is 26.0 Å². The van der Waals surface area contributed by atoms with Gasteiger partial charge in [-0.15, -0.1) is 11.8 Å². The lowest BCUT2D eigenvalue weighted by Gasteiger charge is -2.44. The molecular weight excluding hydrogens is 402 g/mol. The number of nitrogens with zero attached hydrogens (tertiary/aromatic N) is 1. The van der Waals surface area contributed by atoms with Crippen LogP contribution in [-0.4, -0.2) is 56.2 Å². The number of rotatable bonds is 6. The van der Waals surface area contributed by atoms with E-state index in [9.17, 15) is 29.4 Å². The molecule has 0 aromatic heterocycles. The van der Waals surface area contributed by atoms with Crippen molar-refractivity contribution >= 4 is 35.5 Å². The number of thioether (sulfide) groups is 1. The maximum atomic E-state index is 12.6. The Hall–Kier alpha value is -3.05. The molecule has 3 atom stereocenters. The summed E-state index contributed by atoms with van der Waals surface area (Å²) in [5.74, 6) is -3.02. The number of aromatic hydroxyl groups is 1. The quantitative estimate of drug-likeness (QED) is 0.282. The molecule has 3 rings (SSSR count). The number of β-lactam (4-membered cyclic amide) rings is 1. The summed E-state index contributed by atoms with van der Waals surface area (Å²) in [6, 6.07) is 4.50. The number of nitrogens with two attached hydrogens (primary N) is 1. The molecule has 2 amide bonds. The summed E-state index contributed by atoms with van der Waals surface area (Å²) in [5.41, 5.74) is 6.13. The molecule has 5 N–H and O–H groups in total. The Bertz CT molecular complexity index is 899. The molecule has 1 fully saturated rings. The van der Waals surface area contributed by atoms with Gasteiger partial charge in [0.2, 0.25) is 18.0 Å². The predicted octanol–water partition coefficient (Wildman–Crippen LogP) is 0.0413. The summed E-state index contributed by atoms with van der Waals surface area (Å²) in [7, 11) is 0. The van der Waals surface area contributed by atoms with Crippen LogP contribution in [0.3, 0.4) is 0 Å². The average Bonchev–Trinajstić information content (AvgIpc) is 2.65. The standard InChI is InChI=1S/C18H19N3O7S/c1-8(22)28-17(20-16(25)14(19)9-2-4-10(23)5-3-9)11-7-29-13-6-12(24)21(13)15(11)18(26)27/h2-5,13-14,17,23H,6-7,19H2,1H3,(H,20,25)(H,26,27)/t13-,14?,17?/m1/s1. The smallest absolute Gasteiger partial charge is 0.352 e. The largest absolute Gasteiger partial charge is 0.508 e. The topological polar surface area (TPSA) is 159 Å². The first-order chi connectivity index (χ1) is 13.7. The van der Waals surface area contributed by atoms with E-state index in [1.807, 2.05) is 0 Å². The summed E-state index contributed by atoms with van der Waals surface area (Å²) in [4.78, 5) is 49.0. The SMILES string of the molecule is CC(=O)OC(NC(=O)C(N)c1ccc(O)cc1)C1=C(C(=O)O)N2C(=O)C[C@H]2SC1. The van der Waals surface area contributed by atoms with Crippen molar-refractivity contribution in [1.82, 2.24) is 10.2 Å². The van der Waals surface area contributed by atoms with Crippen LogP contribution in [0.15, 0.2) is 35.5 Å². The van der Waals surface area contributed by atoms with Gasteiger partial charge in [0, 0.05) is 18.2 Å². The molecule has 2 aliphatic heterocycles. The van der Waals surface area contributed by atoms with E-state index < -0.39 is 30.1 Å². The lowest BCUT2D eigenvalue weighted by Crippen LogP contribution is -2.56. The lowest BCUT2D eigenvalue weighted by atomic mass is 10.0. The molecule has 1 saturated heterocycles. The normalized spacial score (nSPS) is 20.3. The molecule has 10 nitrogen and oxygen atoms in total. The van der Waals surface area contributed by atoms with E-state index in [4.69, 9.17) is 10.5 Å². The number of esters is 1. The van der Waals surface area contributed by atoms with E-state index in [0.717, 1.165) is 11.8 Å². The van der Waals surface area contributed by atoms with Crippen LogP contribution in [0.4, 0.5) is 0 Å². The minimum absolute atomic E-state index is 0.00315. The Morgan fingerprint density at radius 2 is 1.97 bits per heavy atom. The molecule has 0 aliphatic carbocycles. The first-order valence-corrected chi connectivity index (χ1v) is 9.66. The van der Waals surface area contributed by atoms with Crippen molar-refractivity contribution in [2.75, 3.05) is 5.75 Å². The van der Waals surface area contributed by atoms with Crippen LogP contribution in [0.1, 0.15) is 24.9 Å². The third-order valence-electron chi connectivity index (χ3n) is 4.49. The highest BCUT2D eigenvalue weighted by Gasteiger charge is 2.47. The Labute approximate surface area is 169 Å². The number of nitrogens with one attached hydrogen (secondary N) is 1. The van der Waals surface area contributed by atoms with Gasteiger partial charge in [0.25, 0.3) is 0 Å². The fourth-order valence-corrected chi connectivity index (χ4v) is 4.34. The number of benzene rings is 1. The fourth-order valence-electron chi connectivity index (χ4n) is 3.04. The van der Waals surface area contributed by atoms with Crippen molar-refractivity contribution in [2.24, 2.45) is 5.73 Å². The number of aliphatic carboxylic acids is 1. The minimum Gasteiger partial charge on any atom is -0.508 e. The van der Waals surface area contributed by atoms with Gasteiger partial charge in [-0.05, 0) is 17.7 Å². The summed E-state index contributed by atoms with van der Waals surface area (Å²) in [5, 5.41) is 21.1. The molecule has 154 valence electrons. The van der Waals surface area contributed by atoms with Gasteiger partial charge in [-0.3, -0.25) is 19.3 Å². The first-order valence-electron chi connectivity index (χ1n) is 8.61. The van der Waals surface area contributed by atoms with Gasteiger partial charge in [0.15, 0.2) is 0 Å². The summed E-state index contributed by atoms with van der Waals surface area (Å²) in [6.07, 6.45) is -1.17. The first kappa shape index (κ1) is 20.7. The Morgan fingerprint density at radius 1 is 1.31 bits per heavy atom. The predicted molar refractivity (Wildman–Crippen MR) is 101 cm³/mol. The number of carboxylic acids is 1. The fraction of sp³-hybridized carbons (Fsp3) is 0.333. The highest BCUT2D eigenvalue weighted by molar-refractivity contribution is 8.00. The molecule has 2 aliphatic rings. The van der Waals surface area contributed by atoms with Crippen molar-refractivity contribution in [2.45, 2.75) is 31.0 Å². The zero-order valence-electron chi connectivity index (χ0n) is 15.3. The number of hydrogen-bond donors (Lipinski definition) is 4. The number of ether oxygens (including phenoxy) is 1. The summed E-state index contributed by atoms with van der Waals surface area (Å²) in [6.45, 7) is 1.12. The van der Waals surface area contributed by atoms with E-state index in [1.165, 1.54) is 36.0 Å². The van der Waals surface area contributed by atoms with Gasteiger partial charge in [-0.1, -0.05) is 12.1 Å². The Kier molecular flexibility index (Phi) is 5.80. The molecular formula is C18H19N3O7S. The number of amides is 2. The Balaban J connectivity index is 1.89. The van der Waals surface area contributed by atoms with Crippen molar-refractivity contribution in [3.05, 3.63) is 41.1 Å². The molecule has 29 heavy (non-hydrogen) atoms. The third kappa shape index (κ3) is 4.20. The molecule has 2 unspecified atom stereocenters. The number of fused-ring (bicyclic) bond motifs is 1. The van der Waals surface area contributed by atoms with Gasteiger partial charge in [-0.25, -0.2) is 4.79 Å².